The third kappa shape index (κ3) is 4.14. The van der Waals surface area contributed by atoms with Crippen LogP contribution in [-0.4, -0.2) is 23.7 Å². The van der Waals surface area contributed by atoms with Crippen LogP contribution in [0.2, 0.25) is 0 Å². The average Bonchev–Trinajstić information content (AvgIpc) is 2.25. The van der Waals surface area contributed by atoms with Gasteiger partial charge in [0.05, 0.1) is 0 Å². The van der Waals surface area contributed by atoms with Gasteiger partial charge >= 0.3 is 0 Å². The molecule has 0 aliphatic carbocycles. The predicted molar refractivity (Wildman–Crippen MR) is 67.5 cm³/mol. The zero-order valence-electron chi connectivity index (χ0n) is 9.36. The Hall–Kier alpha value is -0.670. The Morgan fingerprint density at radius 1 is 1.40 bits per heavy atom. The molecule has 0 amide bonds. The molecule has 0 fully saturated rings. The number of para-hydroxylation sites is 1. The Morgan fingerprint density at radius 3 is 2.80 bits per heavy atom. The van der Waals surface area contributed by atoms with E-state index in [2.05, 4.69) is 18.5 Å². The van der Waals surface area contributed by atoms with Crippen molar-refractivity contribution >= 4 is 11.8 Å². The summed E-state index contributed by atoms with van der Waals surface area (Å²) < 4.78 is 0. The van der Waals surface area contributed by atoms with Crippen LogP contribution in [0.25, 0.3) is 0 Å². The summed E-state index contributed by atoms with van der Waals surface area (Å²) in [4.78, 5) is 0. The monoisotopic (exact) mass is 225 g/mol. The molecule has 0 saturated carbocycles. The third-order valence-electron chi connectivity index (χ3n) is 2.38. The minimum Gasteiger partial charge on any atom is -0.508 e. The number of benzene rings is 1. The van der Waals surface area contributed by atoms with Gasteiger partial charge in [0.25, 0.3) is 0 Å². The fraction of sp³-hybridized carbons (Fsp3) is 0.500. The molecule has 1 unspecified atom stereocenters. The van der Waals surface area contributed by atoms with Crippen LogP contribution in [0.4, 0.5) is 0 Å². The van der Waals surface area contributed by atoms with Gasteiger partial charge in [0.15, 0.2) is 0 Å². The summed E-state index contributed by atoms with van der Waals surface area (Å²) in [7, 11) is 0. The normalized spacial score (nSPS) is 12.7. The molecule has 2 N–H and O–H groups in total. The summed E-state index contributed by atoms with van der Waals surface area (Å²) in [5.41, 5.74) is 0.974. The lowest BCUT2D eigenvalue weighted by Gasteiger charge is -2.15. The van der Waals surface area contributed by atoms with Crippen LogP contribution in [0, 0.1) is 0 Å². The maximum Gasteiger partial charge on any atom is 0.120 e. The molecule has 0 heterocycles. The number of hydrogen-bond acceptors (Lipinski definition) is 3. The van der Waals surface area contributed by atoms with E-state index in [1.807, 2.05) is 30.0 Å². The van der Waals surface area contributed by atoms with Crippen LogP contribution < -0.4 is 5.32 Å². The quantitative estimate of drug-likeness (QED) is 0.730. The highest BCUT2D eigenvalue weighted by molar-refractivity contribution is 7.98. The Morgan fingerprint density at radius 2 is 2.13 bits per heavy atom. The van der Waals surface area contributed by atoms with Gasteiger partial charge in [-0.2, -0.15) is 11.8 Å². The molecular formula is C12H19NOS. The van der Waals surface area contributed by atoms with Crippen molar-refractivity contribution in [2.75, 3.05) is 18.6 Å². The van der Waals surface area contributed by atoms with Crippen LogP contribution >= 0.6 is 11.8 Å². The van der Waals surface area contributed by atoms with Gasteiger partial charge in [-0.05, 0) is 38.0 Å². The number of hydrogen-bond donors (Lipinski definition) is 2. The second-order valence-electron chi connectivity index (χ2n) is 3.58. The predicted octanol–water partition coefficient (Wildman–Crippen LogP) is 2.80. The number of phenols is 1. The third-order valence-corrected chi connectivity index (χ3v) is 3.08. The summed E-state index contributed by atoms with van der Waals surface area (Å²) in [6, 6.07) is 7.71. The molecule has 1 aromatic rings. The van der Waals surface area contributed by atoms with Crippen molar-refractivity contribution < 1.29 is 5.11 Å². The number of nitrogens with one attached hydrogen (secondary N) is 1. The smallest absolute Gasteiger partial charge is 0.120 e. The fourth-order valence-corrected chi connectivity index (χ4v) is 1.93. The van der Waals surface area contributed by atoms with E-state index in [-0.39, 0.29) is 6.04 Å². The molecule has 3 heteroatoms. The summed E-state index contributed by atoms with van der Waals surface area (Å²) in [5, 5.41) is 13.0. The minimum absolute atomic E-state index is 0.216. The molecule has 0 radical (unpaired) electrons. The lowest BCUT2D eigenvalue weighted by Crippen LogP contribution is -2.20. The SMILES string of the molecule is CSCCCNC(C)c1ccccc1O. The van der Waals surface area contributed by atoms with Crippen molar-refractivity contribution in [2.45, 2.75) is 19.4 Å². The largest absolute Gasteiger partial charge is 0.508 e. The molecule has 84 valence electrons. The zero-order chi connectivity index (χ0) is 11.1. The average molecular weight is 225 g/mol. The highest BCUT2D eigenvalue weighted by Gasteiger charge is 2.07. The van der Waals surface area contributed by atoms with E-state index in [0.717, 1.165) is 12.1 Å². The summed E-state index contributed by atoms with van der Waals surface area (Å²) in [6.07, 6.45) is 3.28. The van der Waals surface area contributed by atoms with Crippen molar-refractivity contribution in [3.8, 4) is 5.75 Å². The van der Waals surface area contributed by atoms with Crippen molar-refractivity contribution in [1.29, 1.82) is 0 Å². The highest BCUT2D eigenvalue weighted by Crippen LogP contribution is 2.22. The van der Waals surface area contributed by atoms with Crippen molar-refractivity contribution in [1.82, 2.24) is 5.32 Å². The van der Waals surface area contributed by atoms with Gasteiger partial charge < -0.3 is 10.4 Å². The Labute approximate surface area is 96.1 Å². The fourth-order valence-electron chi connectivity index (χ4n) is 1.50. The first-order chi connectivity index (χ1) is 7.25. The van der Waals surface area contributed by atoms with Gasteiger partial charge in [-0.15, -0.1) is 0 Å². The lowest BCUT2D eigenvalue weighted by atomic mass is 10.1. The van der Waals surface area contributed by atoms with E-state index in [9.17, 15) is 5.11 Å². The highest BCUT2D eigenvalue weighted by atomic mass is 32.2. The Bertz CT molecular complexity index is 291. The van der Waals surface area contributed by atoms with Gasteiger partial charge in [0.2, 0.25) is 0 Å². The topological polar surface area (TPSA) is 32.3 Å². The zero-order valence-corrected chi connectivity index (χ0v) is 10.2. The molecule has 1 aromatic carbocycles. The van der Waals surface area contributed by atoms with E-state index in [1.165, 1.54) is 12.2 Å². The van der Waals surface area contributed by atoms with E-state index < -0.39 is 0 Å². The second kappa shape index (κ2) is 6.75. The van der Waals surface area contributed by atoms with Crippen LogP contribution in [-0.2, 0) is 0 Å². The van der Waals surface area contributed by atoms with Gasteiger partial charge in [-0.3, -0.25) is 0 Å². The molecule has 1 atom stereocenters. The van der Waals surface area contributed by atoms with Gasteiger partial charge in [0.1, 0.15) is 5.75 Å². The molecule has 0 spiro atoms. The molecule has 0 saturated heterocycles. The summed E-state index contributed by atoms with van der Waals surface area (Å²) in [5.74, 6) is 1.56. The van der Waals surface area contributed by atoms with Crippen LogP contribution in [0.15, 0.2) is 24.3 Å². The molecular weight excluding hydrogens is 206 g/mol. The number of rotatable bonds is 6. The minimum atomic E-state index is 0.216. The van der Waals surface area contributed by atoms with Crippen molar-refractivity contribution in [3.63, 3.8) is 0 Å². The Kier molecular flexibility index (Phi) is 5.58. The van der Waals surface area contributed by atoms with E-state index >= 15 is 0 Å². The standard InChI is InChI=1S/C12H19NOS/c1-10(13-8-5-9-15-2)11-6-3-4-7-12(11)14/h3-4,6-7,10,13-14H,5,8-9H2,1-2H3. The number of phenolic OH excluding ortho intramolecular Hbond substituents is 1. The van der Waals surface area contributed by atoms with E-state index in [1.54, 1.807) is 6.07 Å². The summed E-state index contributed by atoms with van der Waals surface area (Å²) in [6.45, 7) is 3.07. The van der Waals surface area contributed by atoms with Crippen molar-refractivity contribution in [3.05, 3.63) is 29.8 Å². The number of aromatic hydroxyl groups is 1. The van der Waals surface area contributed by atoms with Gasteiger partial charge in [0, 0.05) is 11.6 Å². The van der Waals surface area contributed by atoms with Crippen molar-refractivity contribution in [2.24, 2.45) is 0 Å². The molecule has 0 bridgehead atoms. The Balaban J connectivity index is 2.40. The maximum atomic E-state index is 9.64. The van der Waals surface area contributed by atoms with Gasteiger partial charge in [-0.25, -0.2) is 0 Å². The van der Waals surface area contributed by atoms with Crippen LogP contribution in [0.3, 0.4) is 0 Å². The van der Waals surface area contributed by atoms with E-state index in [0.29, 0.717) is 5.75 Å². The maximum absolute atomic E-state index is 9.64. The molecule has 15 heavy (non-hydrogen) atoms. The molecule has 2 nitrogen and oxygen atoms in total. The second-order valence-corrected chi connectivity index (χ2v) is 4.57. The molecule has 0 aromatic heterocycles. The van der Waals surface area contributed by atoms with E-state index in [4.69, 9.17) is 0 Å². The van der Waals surface area contributed by atoms with Crippen LogP contribution in [0.5, 0.6) is 5.75 Å². The first kappa shape index (κ1) is 12.4. The molecule has 0 aliphatic rings. The molecule has 0 aliphatic heterocycles. The first-order valence-corrected chi connectivity index (χ1v) is 6.65. The molecule has 1 rings (SSSR count). The lowest BCUT2D eigenvalue weighted by molar-refractivity contribution is 0.453. The summed E-state index contributed by atoms with van der Waals surface area (Å²) >= 11 is 1.86. The number of thioether (sulfide) groups is 1. The van der Waals surface area contributed by atoms with Crippen LogP contribution in [0.1, 0.15) is 24.9 Å². The van der Waals surface area contributed by atoms with Gasteiger partial charge in [-0.1, -0.05) is 18.2 Å². The first-order valence-electron chi connectivity index (χ1n) is 5.26.